The molecule has 4 saturated carbocycles. The maximum atomic E-state index is 14.0. The number of Topliss-reactive ketones (excluding diaryl/α,β-unsaturated/α-hetero) is 2. The fraction of sp³-hybridized carbons (Fsp3) is 0.828. The Hall–Kier alpha value is -1.45. The molecule has 0 N–H and O–H groups in total. The van der Waals surface area contributed by atoms with Gasteiger partial charge in [0.25, 0.3) is 0 Å². The van der Waals surface area contributed by atoms with Crippen molar-refractivity contribution in [2.24, 2.45) is 38.9 Å². The van der Waals surface area contributed by atoms with Crippen molar-refractivity contribution in [3.63, 3.8) is 0 Å². The first kappa shape index (κ1) is 23.3. The van der Waals surface area contributed by atoms with Crippen molar-refractivity contribution in [3.8, 4) is 0 Å². The molecule has 0 aromatic heterocycles. The topological polar surface area (TPSA) is 60.4 Å². The molecule has 4 fully saturated rings. The highest BCUT2D eigenvalue weighted by Gasteiger charge is 2.67. The van der Waals surface area contributed by atoms with Crippen LogP contribution in [0.1, 0.15) is 105 Å². The average Bonchev–Trinajstić information content (AvgIpc) is 2.75. The molecule has 0 unspecified atom stereocenters. The lowest BCUT2D eigenvalue weighted by Gasteiger charge is -2.68. The van der Waals surface area contributed by atoms with Crippen LogP contribution in [0.5, 0.6) is 0 Å². The first-order valence-electron chi connectivity index (χ1n) is 13.2. The van der Waals surface area contributed by atoms with E-state index in [-0.39, 0.29) is 28.0 Å². The van der Waals surface area contributed by atoms with Gasteiger partial charge in [-0.15, -0.1) is 0 Å². The number of hydrogen-bond acceptors (Lipinski definition) is 4. The average molecular weight is 455 g/mol. The van der Waals surface area contributed by atoms with Crippen molar-refractivity contribution in [1.82, 2.24) is 0 Å². The Balaban J connectivity index is 1.67. The number of carbonyl (C=O) groups excluding carboxylic acids is 3. The van der Waals surface area contributed by atoms with Crippen molar-refractivity contribution < 1.29 is 19.1 Å². The number of hydrogen-bond donors (Lipinski definition) is 0. The number of esters is 1. The van der Waals surface area contributed by atoms with Gasteiger partial charge < -0.3 is 4.74 Å². The van der Waals surface area contributed by atoms with Crippen molar-refractivity contribution in [3.05, 3.63) is 11.1 Å². The molecule has 0 saturated heterocycles. The number of rotatable bonds is 1. The summed E-state index contributed by atoms with van der Waals surface area (Å²) in [5, 5.41) is 0. The molecule has 33 heavy (non-hydrogen) atoms. The van der Waals surface area contributed by atoms with Crippen molar-refractivity contribution >= 4 is 17.5 Å². The minimum absolute atomic E-state index is 0.0423. The van der Waals surface area contributed by atoms with Gasteiger partial charge in [0, 0.05) is 23.8 Å². The van der Waals surface area contributed by atoms with Crippen LogP contribution in [0.4, 0.5) is 0 Å². The summed E-state index contributed by atoms with van der Waals surface area (Å²) in [7, 11) is 1.47. The summed E-state index contributed by atoms with van der Waals surface area (Å²) >= 11 is 0. The Bertz CT molecular complexity index is 959. The number of ketones is 2. The van der Waals surface area contributed by atoms with E-state index in [4.69, 9.17) is 4.74 Å². The first-order chi connectivity index (χ1) is 15.4. The van der Waals surface area contributed by atoms with Crippen molar-refractivity contribution in [2.75, 3.05) is 7.11 Å². The van der Waals surface area contributed by atoms with Crippen LogP contribution in [0.2, 0.25) is 0 Å². The fourth-order valence-electron chi connectivity index (χ4n) is 9.60. The molecule has 0 aliphatic heterocycles. The predicted molar refractivity (Wildman–Crippen MR) is 127 cm³/mol. The SMILES string of the molecule is COC(=O)[C@]12CCC(C)(C)C(=O)C1=C1CC[C@@H]3[C@@]4(C)CC(=O)CC[C@@H]4CC[C@@]3(C)[C@]1(C)CC2. The summed E-state index contributed by atoms with van der Waals surface area (Å²) in [4.78, 5) is 39.9. The molecule has 0 spiro atoms. The molecular formula is C29H42O4. The van der Waals surface area contributed by atoms with E-state index >= 15 is 0 Å². The first-order valence-corrected chi connectivity index (χ1v) is 13.2. The molecule has 0 aromatic rings. The lowest BCUT2D eigenvalue weighted by molar-refractivity contribution is -0.169. The van der Waals surface area contributed by atoms with E-state index in [1.165, 1.54) is 19.1 Å². The van der Waals surface area contributed by atoms with Gasteiger partial charge in [-0.3, -0.25) is 14.4 Å². The van der Waals surface area contributed by atoms with Crippen LogP contribution >= 0.6 is 0 Å². The van der Waals surface area contributed by atoms with E-state index in [1.54, 1.807) is 0 Å². The van der Waals surface area contributed by atoms with Crippen molar-refractivity contribution in [2.45, 2.75) is 105 Å². The van der Waals surface area contributed by atoms with E-state index in [0.29, 0.717) is 30.5 Å². The van der Waals surface area contributed by atoms with Gasteiger partial charge in [0.05, 0.1) is 12.5 Å². The minimum atomic E-state index is -0.763. The second-order valence-corrected chi connectivity index (χ2v) is 13.5. The second-order valence-electron chi connectivity index (χ2n) is 13.5. The molecule has 0 amide bonds. The number of ether oxygens (including phenoxy) is 1. The highest BCUT2D eigenvalue weighted by Crippen LogP contribution is 2.73. The number of allylic oxidation sites excluding steroid dienone is 1. The maximum Gasteiger partial charge on any atom is 0.316 e. The van der Waals surface area contributed by atoms with Gasteiger partial charge >= 0.3 is 5.97 Å². The summed E-state index contributed by atoms with van der Waals surface area (Å²) in [6, 6.07) is 0. The number of carbonyl (C=O) groups is 3. The monoisotopic (exact) mass is 454 g/mol. The fourth-order valence-corrected chi connectivity index (χ4v) is 9.60. The number of methoxy groups -OCH3 is 1. The zero-order valence-electron chi connectivity index (χ0n) is 21.6. The number of fused-ring (bicyclic) bond motifs is 6. The van der Waals surface area contributed by atoms with Gasteiger partial charge in [0.1, 0.15) is 5.78 Å². The third kappa shape index (κ3) is 2.79. The normalized spacial score (nSPS) is 46.6. The summed E-state index contributed by atoms with van der Waals surface area (Å²) in [5.41, 5.74) is 0.886. The Labute approximate surface area is 199 Å². The smallest absolute Gasteiger partial charge is 0.316 e. The predicted octanol–water partition coefficient (Wildman–Crippen LogP) is 6.22. The summed E-state index contributed by atoms with van der Waals surface area (Å²) in [6.07, 6.45) is 9.83. The molecule has 182 valence electrons. The van der Waals surface area contributed by atoms with Crippen LogP contribution in [0, 0.1) is 38.9 Å². The van der Waals surface area contributed by atoms with E-state index in [1.807, 2.05) is 13.8 Å². The van der Waals surface area contributed by atoms with Crippen LogP contribution in [0.25, 0.3) is 0 Å². The van der Waals surface area contributed by atoms with Gasteiger partial charge in [0.2, 0.25) is 0 Å². The zero-order chi connectivity index (χ0) is 24.0. The molecule has 6 atom stereocenters. The van der Waals surface area contributed by atoms with Gasteiger partial charge in [-0.25, -0.2) is 0 Å². The summed E-state index contributed by atoms with van der Waals surface area (Å²) < 4.78 is 5.35. The van der Waals surface area contributed by atoms with Gasteiger partial charge in [-0.05, 0) is 85.9 Å². The van der Waals surface area contributed by atoms with Crippen LogP contribution in [0.15, 0.2) is 11.1 Å². The molecule has 4 nitrogen and oxygen atoms in total. The highest BCUT2D eigenvalue weighted by atomic mass is 16.5. The minimum Gasteiger partial charge on any atom is -0.468 e. The third-order valence-electron chi connectivity index (χ3n) is 11.9. The van der Waals surface area contributed by atoms with Crippen LogP contribution < -0.4 is 0 Å². The third-order valence-corrected chi connectivity index (χ3v) is 11.9. The molecule has 0 heterocycles. The van der Waals surface area contributed by atoms with E-state index in [2.05, 4.69) is 20.8 Å². The maximum absolute atomic E-state index is 14.0. The van der Waals surface area contributed by atoms with Crippen LogP contribution in [-0.4, -0.2) is 24.6 Å². The molecule has 5 aliphatic rings. The van der Waals surface area contributed by atoms with Crippen molar-refractivity contribution in [1.29, 1.82) is 0 Å². The molecule has 4 heteroatoms. The quantitative estimate of drug-likeness (QED) is 0.442. The Kier molecular flexibility index (Phi) is 4.97. The van der Waals surface area contributed by atoms with E-state index in [9.17, 15) is 14.4 Å². The second kappa shape index (κ2) is 7.04. The molecular weight excluding hydrogens is 412 g/mol. The Morgan fingerprint density at radius 3 is 2.27 bits per heavy atom. The van der Waals surface area contributed by atoms with E-state index < -0.39 is 10.8 Å². The molecule has 0 bridgehead atoms. The lowest BCUT2D eigenvalue weighted by atomic mass is 9.35. The highest BCUT2D eigenvalue weighted by molar-refractivity contribution is 6.07. The standard InChI is InChI=1S/C29H42O4/c1-25(2)13-15-29(24(32)33-6)16-14-27(4)20(22(29)23(25)31)9-10-21-26(3)17-19(30)8-7-18(26)11-12-28(21,27)5/h18,21H,7-17H2,1-6H3/t18-,21-,26+,27-,28-,29+/m1/s1. The van der Waals surface area contributed by atoms with Gasteiger partial charge in [-0.2, -0.15) is 0 Å². The molecule has 5 aliphatic carbocycles. The summed E-state index contributed by atoms with van der Waals surface area (Å²) in [6.45, 7) is 11.3. The summed E-state index contributed by atoms with van der Waals surface area (Å²) in [5.74, 6) is 1.52. The Morgan fingerprint density at radius 2 is 1.58 bits per heavy atom. The van der Waals surface area contributed by atoms with Crippen LogP contribution in [0.3, 0.4) is 0 Å². The largest absolute Gasteiger partial charge is 0.468 e. The lowest BCUT2D eigenvalue weighted by Crippen LogP contribution is -2.62. The molecule has 0 radical (unpaired) electrons. The van der Waals surface area contributed by atoms with Gasteiger partial charge in [-0.1, -0.05) is 40.2 Å². The molecule has 0 aromatic carbocycles. The Morgan fingerprint density at radius 1 is 0.879 bits per heavy atom. The van der Waals surface area contributed by atoms with Crippen LogP contribution in [-0.2, 0) is 19.1 Å². The molecule has 5 rings (SSSR count). The van der Waals surface area contributed by atoms with Gasteiger partial charge in [0.15, 0.2) is 5.78 Å². The zero-order valence-corrected chi connectivity index (χ0v) is 21.6. The van der Waals surface area contributed by atoms with E-state index in [0.717, 1.165) is 56.9 Å².